The Kier molecular flexibility index (Phi) is 6.95. The standard InChI is InChI=1S/C24H27N3O2/c1-3-21-16-23(29)27(24(26-21)20-12-8-5-9-13-20)17-22(28)25-18(2)14-15-19-10-6-4-7-11-19/h4-13,16,18H,3,14-15,17H2,1-2H3,(H,25,28)/t18-/m1/s1. The van der Waals surface area contributed by atoms with E-state index in [1.165, 1.54) is 16.2 Å². The minimum atomic E-state index is -0.206. The Balaban J connectivity index is 1.72. The predicted octanol–water partition coefficient (Wildman–Crippen LogP) is 3.61. The van der Waals surface area contributed by atoms with Crippen LogP contribution in [0.5, 0.6) is 0 Å². The highest BCUT2D eigenvalue weighted by Gasteiger charge is 2.15. The number of hydrogen-bond acceptors (Lipinski definition) is 3. The summed E-state index contributed by atoms with van der Waals surface area (Å²) in [4.78, 5) is 29.9. The Hall–Kier alpha value is -3.21. The smallest absolute Gasteiger partial charge is 0.254 e. The lowest BCUT2D eigenvalue weighted by molar-refractivity contribution is -0.122. The molecule has 1 atom stereocenters. The van der Waals surface area contributed by atoms with Crippen LogP contribution < -0.4 is 10.9 Å². The second kappa shape index (κ2) is 9.82. The summed E-state index contributed by atoms with van der Waals surface area (Å²) in [6.45, 7) is 3.90. The van der Waals surface area contributed by atoms with E-state index in [9.17, 15) is 9.59 Å². The molecule has 0 fully saturated rings. The summed E-state index contributed by atoms with van der Waals surface area (Å²) in [5, 5.41) is 3.01. The van der Waals surface area contributed by atoms with Crippen molar-refractivity contribution in [1.82, 2.24) is 14.9 Å². The summed E-state index contributed by atoms with van der Waals surface area (Å²) in [7, 11) is 0. The van der Waals surface area contributed by atoms with Gasteiger partial charge in [-0.25, -0.2) is 4.98 Å². The lowest BCUT2D eigenvalue weighted by Crippen LogP contribution is -2.38. The van der Waals surface area contributed by atoms with Crippen molar-refractivity contribution in [2.75, 3.05) is 0 Å². The van der Waals surface area contributed by atoms with E-state index in [2.05, 4.69) is 22.4 Å². The van der Waals surface area contributed by atoms with Crippen molar-refractivity contribution >= 4 is 5.91 Å². The molecule has 0 saturated carbocycles. The van der Waals surface area contributed by atoms with Gasteiger partial charge in [0, 0.05) is 23.4 Å². The van der Waals surface area contributed by atoms with Crippen LogP contribution in [-0.2, 0) is 24.2 Å². The van der Waals surface area contributed by atoms with Crippen molar-refractivity contribution in [3.05, 3.63) is 88.3 Å². The first-order valence-corrected chi connectivity index (χ1v) is 10.1. The molecule has 5 nitrogen and oxygen atoms in total. The van der Waals surface area contributed by atoms with E-state index in [1.807, 2.05) is 62.4 Å². The van der Waals surface area contributed by atoms with Crippen LogP contribution in [0.1, 0.15) is 31.5 Å². The van der Waals surface area contributed by atoms with Crippen LogP contribution in [0.15, 0.2) is 71.5 Å². The average molecular weight is 389 g/mol. The van der Waals surface area contributed by atoms with Gasteiger partial charge in [0.15, 0.2) is 0 Å². The molecule has 3 aromatic rings. The monoisotopic (exact) mass is 389 g/mol. The van der Waals surface area contributed by atoms with E-state index in [-0.39, 0.29) is 24.1 Å². The largest absolute Gasteiger partial charge is 0.352 e. The normalized spacial score (nSPS) is 11.8. The van der Waals surface area contributed by atoms with E-state index in [0.29, 0.717) is 12.2 Å². The zero-order valence-electron chi connectivity index (χ0n) is 17.0. The Morgan fingerprint density at radius 2 is 1.72 bits per heavy atom. The zero-order valence-corrected chi connectivity index (χ0v) is 17.0. The Labute approximate surface area is 171 Å². The summed E-state index contributed by atoms with van der Waals surface area (Å²) < 4.78 is 1.45. The van der Waals surface area contributed by atoms with Crippen LogP contribution in [0.3, 0.4) is 0 Å². The highest BCUT2D eigenvalue weighted by molar-refractivity contribution is 5.76. The van der Waals surface area contributed by atoms with E-state index in [4.69, 9.17) is 0 Å². The van der Waals surface area contributed by atoms with Gasteiger partial charge in [0.2, 0.25) is 5.91 Å². The Morgan fingerprint density at radius 3 is 2.38 bits per heavy atom. The SMILES string of the molecule is CCc1cc(=O)n(CC(=O)N[C@H](C)CCc2ccccc2)c(-c2ccccc2)n1. The second-order valence-corrected chi connectivity index (χ2v) is 7.21. The summed E-state index contributed by atoms with van der Waals surface area (Å²) in [6, 6.07) is 21.2. The Morgan fingerprint density at radius 1 is 1.07 bits per heavy atom. The highest BCUT2D eigenvalue weighted by atomic mass is 16.2. The van der Waals surface area contributed by atoms with Crippen molar-refractivity contribution in [2.24, 2.45) is 0 Å². The van der Waals surface area contributed by atoms with E-state index < -0.39 is 0 Å². The van der Waals surface area contributed by atoms with Gasteiger partial charge in [-0.05, 0) is 31.7 Å². The summed E-state index contributed by atoms with van der Waals surface area (Å²) in [5.41, 5.74) is 2.59. The molecule has 5 heteroatoms. The number of nitrogens with zero attached hydrogens (tertiary/aromatic N) is 2. The topological polar surface area (TPSA) is 64.0 Å². The lowest BCUT2D eigenvalue weighted by Gasteiger charge is -2.17. The molecule has 1 amide bonds. The van der Waals surface area contributed by atoms with Gasteiger partial charge in [0.1, 0.15) is 12.4 Å². The third kappa shape index (κ3) is 5.64. The molecular formula is C24H27N3O2. The van der Waals surface area contributed by atoms with Crippen molar-refractivity contribution in [3.63, 3.8) is 0 Å². The quantitative estimate of drug-likeness (QED) is 0.640. The summed E-state index contributed by atoms with van der Waals surface area (Å²) >= 11 is 0. The molecule has 1 heterocycles. The fourth-order valence-electron chi connectivity index (χ4n) is 3.26. The minimum absolute atomic E-state index is 0.0152. The predicted molar refractivity (Wildman–Crippen MR) is 116 cm³/mol. The molecule has 0 radical (unpaired) electrons. The molecule has 150 valence electrons. The van der Waals surface area contributed by atoms with Crippen LogP contribution >= 0.6 is 0 Å². The number of carbonyl (C=O) groups is 1. The molecule has 0 spiro atoms. The van der Waals surface area contributed by atoms with Gasteiger partial charge < -0.3 is 5.32 Å². The van der Waals surface area contributed by atoms with Gasteiger partial charge in [-0.1, -0.05) is 67.6 Å². The van der Waals surface area contributed by atoms with Crippen molar-refractivity contribution in [3.8, 4) is 11.4 Å². The van der Waals surface area contributed by atoms with Crippen LogP contribution in [0.4, 0.5) is 0 Å². The van der Waals surface area contributed by atoms with Crippen molar-refractivity contribution in [1.29, 1.82) is 0 Å². The number of carbonyl (C=O) groups excluding carboxylic acids is 1. The first-order chi connectivity index (χ1) is 14.1. The average Bonchev–Trinajstić information content (AvgIpc) is 2.74. The molecule has 2 aromatic carbocycles. The van der Waals surface area contributed by atoms with Gasteiger partial charge in [-0.3, -0.25) is 14.2 Å². The van der Waals surface area contributed by atoms with Crippen LogP contribution in [-0.4, -0.2) is 21.5 Å². The number of aryl methyl sites for hydroxylation is 2. The van der Waals surface area contributed by atoms with E-state index >= 15 is 0 Å². The fraction of sp³-hybridized carbons (Fsp3) is 0.292. The molecule has 0 aliphatic heterocycles. The summed E-state index contributed by atoms with van der Waals surface area (Å²) in [5.74, 6) is 0.345. The van der Waals surface area contributed by atoms with E-state index in [0.717, 1.165) is 24.1 Å². The maximum Gasteiger partial charge on any atom is 0.254 e. The number of benzene rings is 2. The molecule has 0 aliphatic carbocycles. The fourth-order valence-corrected chi connectivity index (χ4v) is 3.26. The van der Waals surface area contributed by atoms with Crippen LogP contribution in [0.25, 0.3) is 11.4 Å². The van der Waals surface area contributed by atoms with E-state index in [1.54, 1.807) is 0 Å². The van der Waals surface area contributed by atoms with Gasteiger partial charge >= 0.3 is 0 Å². The maximum atomic E-state index is 12.7. The second-order valence-electron chi connectivity index (χ2n) is 7.21. The van der Waals surface area contributed by atoms with Crippen molar-refractivity contribution in [2.45, 2.75) is 45.7 Å². The van der Waals surface area contributed by atoms with Gasteiger partial charge in [0.05, 0.1) is 0 Å². The molecular weight excluding hydrogens is 362 g/mol. The molecule has 29 heavy (non-hydrogen) atoms. The number of nitrogens with one attached hydrogen (secondary N) is 1. The first kappa shape index (κ1) is 20.5. The number of hydrogen-bond donors (Lipinski definition) is 1. The molecule has 1 N–H and O–H groups in total. The third-order valence-electron chi connectivity index (χ3n) is 4.87. The zero-order chi connectivity index (χ0) is 20.6. The number of rotatable bonds is 8. The minimum Gasteiger partial charge on any atom is -0.352 e. The van der Waals surface area contributed by atoms with Crippen LogP contribution in [0, 0.1) is 0 Å². The third-order valence-corrected chi connectivity index (χ3v) is 4.87. The molecule has 0 aliphatic rings. The van der Waals surface area contributed by atoms with Gasteiger partial charge in [-0.15, -0.1) is 0 Å². The lowest BCUT2D eigenvalue weighted by atomic mass is 10.1. The highest BCUT2D eigenvalue weighted by Crippen LogP contribution is 2.16. The van der Waals surface area contributed by atoms with Gasteiger partial charge in [-0.2, -0.15) is 0 Å². The molecule has 0 bridgehead atoms. The molecule has 0 unspecified atom stereocenters. The maximum absolute atomic E-state index is 12.7. The molecule has 0 saturated heterocycles. The Bertz CT molecular complexity index is 998. The molecule has 3 rings (SSSR count). The molecule has 1 aromatic heterocycles. The summed E-state index contributed by atoms with van der Waals surface area (Å²) in [6.07, 6.45) is 2.39. The first-order valence-electron chi connectivity index (χ1n) is 10.1. The number of amides is 1. The van der Waals surface area contributed by atoms with Gasteiger partial charge in [0.25, 0.3) is 5.56 Å². The number of aromatic nitrogens is 2. The van der Waals surface area contributed by atoms with Crippen LogP contribution in [0.2, 0.25) is 0 Å². The van der Waals surface area contributed by atoms with Crippen molar-refractivity contribution < 1.29 is 4.79 Å².